The van der Waals surface area contributed by atoms with Gasteiger partial charge in [0.25, 0.3) is 0 Å². The quantitative estimate of drug-likeness (QED) is 0.470. The van der Waals surface area contributed by atoms with E-state index in [2.05, 4.69) is 9.97 Å². The summed E-state index contributed by atoms with van der Waals surface area (Å²) in [6.45, 7) is 0. The first-order chi connectivity index (χ1) is 4.30. The van der Waals surface area contributed by atoms with Crippen LogP contribution in [0, 0.1) is 0 Å². The van der Waals surface area contributed by atoms with Gasteiger partial charge in [0.2, 0.25) is 0 Å². The third kappa shape index (κ3) is 2.96. The minimum Gasteiger partial charge on any atom is -0.543 e. The van der Waals surface area contributed by atoms with Crippen LogP contribution < -0.4 is 63.3 Å². The third-order valence-corrected chi connectivity index (χ3v) is 0.772. The van der Waals surface area contributed by atoms with E-state index in [1.807, 2.05) is 0 Å². The Balaban J connectivity index is 0.000000810. The Labute approximate surface area is 106 Å². The van der Waals surface area contributed by atoms with Crippen LogP contribution in [0.15, 0.2) is 18.6 Å². The summed E-state index contributed by atoms with van der Waals surface area (Å²) in [5, 5.41) is 9.99. The van der Waals surface area contributed by atoms with Crippen molar-refractivity contribution in [2.75, 3.05) is 0 Å². The number of aromatic nitrogens is 2. The molecule has 4 nitrogen and oxygen atoms in total. The molecule has 0 spiro atoms. The maximum absolute atomic E-state index is 9.99. The molecular formula is C5H3N2O2Rb. The van der Waals surface area contributed by atoms with Gasteiger partial charge in [-0.2, -0.15) is 0 Å². The number of hydrogen-bond donors (Lipinski definition) is 0. The van der Waals surface area contributed by atoms with E-state index in [0.717, 1.165) is 6.20 Å². The van der Waals surface area contributed by atoms with E-state index in [-0.39, 0.29) is 63.9 Å². The fraction of sp³-hybridized carbons (Fsp3) is 0. The molecule has 0 amide bonds. The molecule has 0 aliphatic carbocycles. The molecule has 0 aliphatic heterocycles. The van der Waals surface area contributed by atoms with E-state index in [9.17, 15) is 9.90 Å². The summed E-state index contributed by atoms with van der Waals surface area (Å²) in [6, 6.07) is 0. The smallest absolute Gasteiger partial charge is 0.543 e. The van der Waals surface area contributed by atoms with Crippen LogP contribution in [-0.4, -0.2) is 15.9 Å². The first-order valence-corrected chi connectivity index (χ1v) is 2.28. The van der Waals surface area contributed by atoms with Crippen molar-refractivity contribution in [2.24, 2.45) is 0 Å². The Hall–Kier alpha value is 0.355. The molecule has 0 N–H and O–H groups in total. The fourth-order valence-corrected chi connectivity index (χ4v) is 0.405. The zero-order chi connectivity index (χ0) is 6.69. The van der Waals surface area contributed by atoms with E-state index < -0.39 is 5.97 Å². The second kappa shape index (κ2) is 5.06. The predicted octanol–water partition coefficient (Wildman–Crippen LogP) is -4.16. The number of carboxylic acids is 1. The molecule has 0 aliphatic rings. The van der Waals surface area contributed by atoms with Gasteiger partial charge in [0, 0.05) is 12.4 Å². The minimum absolute atomic E-state index is 0. The van der Waals surface area contributed by atoms with E-state index in [4.69, 9.17) is 0 Å². The molecule has 1 aromatic rings. The summed E-state index contributed by atoms with van der Waals surface area (Å²) in [5.74, 6) is -1.30. The third-order valence-electron chi connectivity index (χ3n) is 0.772. The summed E-state index contributed by atoms with van der Waals surface area (Å²) in [5.41, 5.74) is -0.141. The second-order valence-corrected chi connectivity index (χ2v) is 1.38. The number of aromatic carboxylic acids is 1. The van der Waals surface area contributed by atoms with Gasteiger partial charge in [0.1, 0.15) is 5.69 Å². The zero-order valence-electron chi connectivity index (χ0n) is 5.44. The molecule has 0 atom stereocenters. The van der Waals surface area contributed by atoms with E-state index in [1.165, 1.54) is 12.4 Å². The van der Waals surface area contributed by atoms with Gasteiger partial charge in [-0.05, 0) is 0 Å². The van der Waals surface area contributed by atoms with Gasteiger partial charge >= 0.3 is 58.2 Å². The molecule has 0 unspecified atom stereocenters. The van der Waals surface area contributed by atoms with Gasteiger partial charge in [-0.1, -0.05) is 0 Å². The SMILES string of the molecule is O=C([O-])c1cnccn1.[Rb+]. The summed E-state index contributed by atoms with van der Waals surface area (Å²) in [4.78, 5) is 17.0. The van der Waals surface area contributed by atoms with Crippen LogP contribution in [0.5, 0.6) is 0 Å². The average Bonchev–Trinajstić information content (AvgIpc) is 1.90. The molecule has 0 aromatic carbocycles. The number of rotatable bonds is 1. The van der Waals surface area contributed by atoms with E-state index >= 15 is 0 Å². The Morgan fingerprint density at radius 3 is 2.50 bits per heavy atom. The van der Waals surface area contributed by atoms with Crippen LogP contribution >= 0.6 is 0 Å². The first kappa shape index (κ1) is 10.4. The molecule has 0 saturated heterocycles. The maximum Gasteiger partial charge on any atom is 1.00 e. The van der Waals surface area contributed by atoms with Crippen molar-refractivity contribution >= 4 is 5.97 Å². The van der Waals surface area contributed by atoms with Crippen molar-refractivity contribution in [3.63, 3.8) is 0 Å². The fourth-order valence-electron chi connectivity index (χ4n) is 0.405. The van der Waals surface area contributed by atoms with Gasteiger partial charge in [-0.25, -0.2) is 0 Å². The molecular weight excluding hydrogens is 206 g/mol. The molecule has 10 heavy (non-hydrogen) atoms. The molecule has 0 fully saturated rings. The van der Waals surface area contributed by atoms with Crippen molar-refractivity contribution in [3.05, 3.63) is 24.3 Å². The molecule has 5 heteroatoms. The monoisotopic (exact) mass is 208 g/mol. The van der Waals surface area contributed by atoms with E-state index in [1.54, 1.807) is 0 Å². The average molecular weight is 209 g/mol. The van der Waals surface area contributed by atoms with Gasteiger partial charge in [-0.3, -0.25) is 9.97 Å². The Morgan fingerprint density at radius 2 is 2.20 bits per heavy atom. The molecule has 1 rings (SSSR count). The Bertz CT molecular complexity index is 214. The van der Waals surface area contributed by atoms with Gasteiger partial charge in [0.15, 0.2) is 0 Å². The molecule has 0 radical (unpaired) electrons. The number of hydrogen-bond acceptors (Lipinski definition) is 4. The summed E-state index contributed by atoms with van der Waals surface area (Å²) in [6.07, 6.45) is 3.83. The number of carbonyl (C=O) groups excluding carboxylic acids is 1. The first-order valence-electron chi connectivity index (χ1n) is 2.28. The van der Waals surface area contributed by atoms with Crippen LogP contribution in [0.25, 0.3) is 0 Å². The normalized spacial score (nSPS) is 8.00. The van der Waals surface area contributed by atoms with Gasteiger partial charge in [-0.15, -0.1) is 0 Å². The van der Waals surface area contributed by atoms with Crippen molar-refractivity contribution in [1.82, 2.24) is 9.97 Å². The molecule has 0 bridgehead atoms. The Kier molecular flexibility index (Phi) is 5.24. The second-order valence-electron chi connectivity index (χ2n) is 1.38. The van der Waals surface area contributed by atoms with Crippen LogP contribution in [0.4, 0.5) is 0 Å². The van der Waals surface area contributed by atoms with Crippen LogP contribution in [0.1, 0.15) is 10.5 Å². The van der Waals surface area contributed by atoms with Crippen LogP contribution in [-0.2, 0) is 0 Å². The largest absolute Gasteiger partial charge is 1.00 e. The van der Waals surface area contributed by atoms with Crippen molar-refractivity contribution in [1.29, 1.82) is 0 Å². The van der Waals surface area contributed by atoms with Crippen molar-refractivity contribution in [2.45, 2.75) is 0 Å². The maximum atomic E-state index is 9.99. The molecule has 0 saturated carbocycles. The molecule has 46 valence electrons. The number of carboxylic acid groups (broad SMARTS) is 1. The zero-order valence-corrected chi connectivity index (χ0v) is 10.4. The molecule has 1 aromatic heterocycles. The Morgan fingerprint density at radius 1 is 1.50 bits per heavy atom. The van der Waals surface area contributed by atoms with E-state index in [0.29, 0.717) is 0 Å². The predicted molar refractivity (Wildman–Crippen MR) is 26.4 cm³/mol. The summed E-state index contributed by atoms with van der Waals surface area (Å²) >= 11 is 0. The number of carbonyl (C=O) groups is 1. The summed E-state index contributed by atoms with van der Waals surface area (Å²) < 4.78 is 0. The van der Waals surface area contributed by atoms with Crippen LogP contribution in [0.3, 0.4) is 0 Å². The minimum atomic E-state index is -1.30. The van der Waals surface area contributed by atoms with Gasteiger partial charge in [0.05, 0.1) is 12.2 Å². The van der Waals surface area contributed by atoms with Gasteiger partial charge < -0.3 is 9.90 Å². The number of nitrogens with zero attached hydrogens (tertiary/aromatic N) is 2. The molecule has 1 heterocycles. The van der Waals surface area contributed by atoms with Crippen molar-refractivity contribution < 1.29 is 68.1 Å². The van der Waals surface area contributed by atoms with Crippen molar-refractivity contribution in [3.8, 4) is 0 Å². The standard InChI is InChI=1S/C5H4N2O2.Rb/c8-5(9)4-3-6-1-2-7-4;/h1-3H,(H,8,9);/q;+1/p-1. The van der Waals surface area contributed by atoms with Crippen LogP contribution in [0.2, 0.25) is 0 Å². The topological polar surface area (TPSA) is 65.9 Å². The summed E-state index contributed by atoms with van der Waals surface area (Å²) in [7, 11) is 0.